The van der Waals surface area contributed by atoms with Gasteiger partial charge in [-0.05, 0) is 20.3 Å². The third-order valence-electron chi connectivity index (χ3n) is 6.04. The first-order valence-electron chi connectivity index (χ1n) is 9.54. The lowest BCUT2D eigenvalue weighted by Crippen LogP contribution is -2.65. The molecule has 1 heterocycles. The third-order valence-corrected chi connectivity index (χ3v) is 6.04. The van der Waals surface area contributed by atoms with Crippen LogP contribution >= 0.6 is 0 Å². The summed E-state index contributed by atoms with van der Waals surface area (Å²) in [5.41, 5.74) is -4.05. The van der Waals surface area contributed by atoms with Gasteiger partial charge >= 0.3 is 0 Å². The lowest BCUT2D eigenvalue weighted by atomic mass is 9.57. The second-order valence-corrected chi connectivity index (χ2v) is 8.88. The molecule has 1 saturated carbocycles. The van der Waals surface area contributed by atoms with Gasteiger partial charge in [0.25, 0.3) is 0 Å². The molecule has 0 spiro atoms. The van der Waals surface area contributed by atoms with E-state index in [1.165, 1.54) is 19.1 Å². The van der Waals surface area contributed by atoms with Gasteiger partial charge in [-0.3, -0.25) is 0 Å². The highest BCUT2D eigenvalue weighted by Gasteiger charge is 2.58. The van der Waals surface area contributed by atoms with Crippen molar-refractivity contribution >= 4 is 0 Å². The fourth-order valence-electron chi connectivity index (χ4n) is 4.28. The third kappa shape index (κ3) is 4.28. The zero-order valence-corrected chi connectivity index (χ0v) is 16.8. The molecule has 9 nitrogen and oxygen atoms in total. The van der Waals surface area contributed by atoms with Gasteiger partial charge in [0, 0.05) is 11.8 Å². The summed E-state index contributed by atoms with van der Waals surface area (Å²) in [5.74, 6) is 0. The van der Waals surface area contributed by atoms with Crippen LogP contribution in [0.25, 0.3) is 0 Å². The molecule has 1 aliphatic carbocycles. The fourth-order valence-corrected chi connectivity index (χ4v) is 4.28. The van der Waals surface area contributed by atoms with Crippen LogP contribution in [0.1, 0.15) is 40.5 Å². The molecular formula is C19H34O9. The Morgan fingerprint density at radius 2 is 1.64 bits per heavy atom. The minimum absolute atomic E-state index is 0.0131. The van der Waals surface area contributed by atoms with Gasteiger partial charge < -0.3 is 45.2 Å². The molecule has 9 atom stereocenters. The van der Waals surface area contributed by atoms with Crippen molar-refractivity contribution in [2.24, 2.45) is 5.41 Å². The Morgan fingerprint density at radius 3 is 2.18 bits per heavy atom. The van der Waals surface area contributed by atoms with Crippen LogP contribution in [0.4, 0.5) is 0 Å². The zero-order valence-electron chi connectivity index (χ0n) is 16.8. The van der Waals surface area contributed by atoms with Crippen LogP contribution in [0.5, 0.6) is 0 Å². The molecule has 2 fully saturated rings. The predicted octanol–water partition coefficient (Wildman–Crippen LogP) is -1.59. The van der Waals surface area contributed by atoms with Crippen molar-refractivity contribution in [2.45, 2.75) is 94.7 Å². The summed E-state index contributed by atoms with van der Waals surface area (Å²) in [6, 6.07) is 0. The average molecular weight is 406 g/mol. The Bertz CT molecular complexity index is 542. The van der Waals surface area contributed by atoms with Gasteiger partial charge in [0.2, 0.25) is 0 Å². The first-order valence-corrected chi connectivity index (χ1v) is 9.54. The summed E-state index contributed by atoms with van der Waals surface area (Å²) in [5, 5.41) is 70.9. The second-order valence-electron chi connectivity index (χ2n) is 8.88. The van der Waals surface area contributed by atoms with Crippen molar-refractivity contribution in [3.05, 3.63) is 12.2 Å². The second kappa shape index (κ2) is 8.25. The lowest BCUT2D eigenvalue weighted by Gasteiger charge is -2.55. The first-order chi connectivity index (χ1) is 12.8. The topological polar surface area (TPSA) is 160 Å². The van der Waals surface area contributed by atoms with E-state index in [1.807, 2.05) is 0 Å². The predicted molar refractivity (Wildman–Crippen MR) is 98.0 cm³/mol. The Kier molecular flexibility index (Phi) is 6.97. The number of hydrogen-bond acceptors (Lipinski definition) is 9. The molecule has 2 aliphatic rings. The number of aliphatic hydroxyl groups is 7. The van der Waals surface area contributed by atoms with Crippen molar-refractivity contribution in [1.29, 1.82) is 0 Å². The van der Waals surface area contributed by atoms with Gasteiger partial charge in [-0.15, -0.1) is 0 Å². The average Bonchev–Trinajstić information content (AvgIpc) is 2.57. The summed E-state index contributed by atoms with van der Waals surface area (Å²) >= 11 is 0. The Labute approximate surface area is 164 Å². The van der Waals surface area contributed by atoms with Gasteiger partial charge in [0.1, 0.15) is 30.0 Å². The quantitative estimate of drug-likeness (QED) is 0.267. The van der Waals surface area contributed by atoms with Crippen LogP contribution in [0.3, 0.4) is 0 Å². The number of rotatable bonds is 5. The summed E-state index contributed by atoms with van der Waals surface area (Å²) in [6.45, 7) is 6.01. The summed E-state index contributed by atoms with van der Waals surface area (Å²) in [7, 11) is 0. The number of aliphatic hydroxyl groups excluding tert-OH is 5. The van der Waals surface area contributed by atoms with Gasteiger partial charge in [0.15, 0.2) is 6.29 Å². The van der Waals surface area contributed by atoms with E-state index in [0.717, 1.165) is 0 Å². The molecule has 0 aromatic carbocycles. The van der Waals surface area contributed by atoms with Gasteiger partial charge in [0.05, 0.1) is 24.4 Å². The Balaban J connectivity index is 2.13. The largest absolute Gasteiger partial charge is 0.394 e. The maximum atomic E-state index is 11.2. The molecule has 1 aliphatic heterocycles. The molecule has 7 N–H and O–H groups in total. The van der Waals surface area contributed by atoms with Crippen LogP contribution in [-0.2, 0) is 9.47 Å². The van der Waals surface area contributed by atoms with Crippen LogP contribution in [0, 0.1) is 5.41 Å². The summed E-state index contributed by atoms with van der Waals surface area (Å²) in [4.78, 5) is 0. The van der Waals surface area contributed by atoms with Crippen LogP contribution in [-0.4, -0.2) is 96.5 Å². The summed E-state index contributed by atoms with van der Waals surface area (Å²) in [6.07, 6.45) is -5.14. The first kappa shape index (κ1) is 23.7. The molecule has 9 heteroatoms. The van der Waals surface area contributed by atoms with Crippen molar-refractivity contribution < 1.29 is 45.2 Å². The van der Waals surface area contributed by atoms with E-state index in [-0.39, 0.29) is 6.42 Å². The molecule has 164 valence electrons. The SMILES string of the molecule is C[C@H](/C=C/[C@]1(O)C(C)(C)C[C@@H](O)C[C@]1(C)O)O[C@@H]1O[C@H](CO)[C@@H](O)[C@H](O)[C@H]1O. The van der Waals surface area contributed by atoms with E-state index in [0.29, 0.717) is 6.42 Å². The Morgan fingerprint density at radius 1 is 1.04 bits per heavy atom. The van der Waals surface area contributed by atoms with Crippen molar-refractivity contribution in [3.63, 3.8) is 0 Å². The minimum atomic E-state index is -1.65. The molecule has 28 heavy (non-hydrogen) atoms. The molecule has 0 unspecified atom stereocenters. The van der Waals surface area contributed by atoms with Gasteiger partial charge in [-0.2, -0.15) is 0 Å². The van der Waals surface area contributed by atoms with Crippen LogP contribution in [0.2, 0.25) is 0 Å². The van der Waals surface area contributed by atoms with Gasteiger partial charge in [-0.1, -0.05) is 26.0 Å². The number of hydrogen-bond donors (Lipinski definition) is 7. The molecule has 0 radical (unpaired) electrons. The molecule has 0 aromatic heterocycles. The van der Waals surface area contributed by atoms with E-state index >= 15 is 0 Å². The molecule has 0 aromatic rings. The fraction of sp³-hybridized carbons (Fsp3) is 0.895. The highest BCUT2D eigenvalue weighted by Crippen LogP contribution is 2.50. The van der Waals surface area contributed by atoms with Gasteiger partial charge in [-0.25, -0.2) is 0 Å². The smallest absolute Gasteiger partial charge is 0.187 e. The van der Waals surface area contributed by atoms with E-state index < -0.39 is 66.1 Å². The molecular weight excluding hydrogens is 372 g/mol. The molecule has 0 bridgehead atoms. The molecule has 2 rings (SSSR count). The van der Waals surface area contributed by atoms with E-state index in [2.05, 4.69) is 0 Å². The maximum Gasteiger partial charge on any atom is 0.187 e. The zero-order chi connectivity index (χ0) is 21.5. The Hall–Kier alpha value is -0.620. The normalized spacial score (nSPS) is 48.0. The van der Waals surface area contributed by atoms with E-state index in [4.69, 9.17) is 9.47 Å². The highest BCUT2D eigenvalue weighted by atomic mass is 16.7. The van der Waals surface area contributed by atoms with Crippen molar-refractivity contribution in [3.8, 4) is 0 Å². The molecule has 0 amide bonds. The minimum Gasteiger partial charge on any atom is -0.394 e. The monoisotopic (exact) mass is 406 g/mol. The maximum absolute atomic E-state index is 11.2. The standard InChI is InChI=1S/C19H34O9/c1-10(27-16-15(24)14(23)13(22)12(9-20)28-16)5-6-19(26)17(2,3)7-11(21)8-18(19,4)25/h5-6,10-16,20-26H,7-9H2,1-4H3/b6-5+/t10-,11-,12-,13-,14+,15-,16-,18+,19+/m1/s1. The van der Waals surface area contributed by atoms with E-state index in [9.17, 15) is 35.7 Å². The lowest BCUT2D eigenvalue weighted by molar-refractivity contribution is -0.306. The summed E-state index contributed by atoms with van der Waals surface area (Å²) < 4.78 is 10.9. The van der Waals surface area contributed by atoms with Crippen molar-refractivity contribution in [1.82, 2.24) is 0 Å². The number of ether oxygens (including phenoxy) is 2. The molecule has 1 saturated heterocycles. The van der Waals surface area contributed by atoms with Crippen molar-refractivity contribution in [2.75, 3.05) is 6.61 Å². The van der Waals surface area contributed by atoms with Crippen LogP contribution in [0.15, 0.2) is 12.2 Å². The highest BCUT2D eigenvalue weighted by molar-refractivity contribution is 5.21. The van der Waals surface area contributed by atoms with Crippen LogP contribution < -0.4 is 0 Å². The van der Waals surface area contributed by atoms with E-state index in [1.54, 1.807) is 20.8 Å².